The largest absolute Gasteiger partial charge is 0.372 e. The molecular weight excluding hydrogens is 220 g/mol. The Morgan fingerprint density at radius 2 is 1.81 bits per heavy atom. The summed E-state index contributed by atoms with van der Waals surface area (Å²) in [7, 11) is 0. The zero-order valence-corrected chi connectivity index (χ0v) is 10.5. The Labute approximate surface area is 102 Å². The molecule has 1 aromatic carbocycles. The van der Waals surface area contributed by atoms with Crippen LogP contribution in [0.2, 0.25) is 0 Å². The van der Waals surface area contributed by atoms with Crippen LogP contribution < -0.4 is 21.5 Å². The first kappa shape index (κ1) is 12.7. The molecule has 0 saturated carbocycles. The lowest BCUT2D eigenvalue weighted by Gasteiger charge is -2.21. The molecule has 0 aromatic heterocycles. The van der Waals surface area contributed by atoms with Crippen molar-refractivity contribution in [1.29, 1.82) is 0 Å². The highest BCUT2D eigenvalue weighted by Crippen LogP contribution is 2.17. The van der Waals surface area contributed by atoms with Gasteiger partial charge in [-0.15, -0.1) is 0 Å². The quantitative estimate of drug-likeness (QED) is 0.423. The van der Waals surface area contributed by atoms with E-state index in [1.807, 2.05) is 12.1 Å². The highest BCUT2D eigenvalue weighted by Gasteiger charge is 2.01. The molecule has 88 valence electrons. The first-order valence-electron chi connectivity index (χ1n) is 5.33. The first-order valence-corrected chi connectivity index (χ1v) is 5.74. The zero-order chi connectivity index (χ0) is 12.0. The molecule has 16 heavy (non-hydrogen) atoms. The summed E-state index contributed by atoms with van der Waals surface area (Å²) < 4.78 is 0. The van der Waals surface area contributed by atoms with Crippen molar-refractivity contribution in [1.82, 2.24) is 5.43 Å². The summed E-state index contributed by atoms with van der Waals surface area (Å²) in [6.45, 7) is 6.30. The molecule has 5 heteroatoms. The number of thiocarbonyl (C=S) groups is 1. The molecule has 0 fully saturated rings. The number of benzene rings is 1. The standard InChI is InChI=1S/C11H18N4S/c1-3-15(4-2)10-7-5-9(6-8-10)13-11(16)14-12/h5-8H,3-4,12H2,1-2H3,(H2,13,14,16). The molecule has 0 bridgehead atoms. The summed E-state index contributed by atoms with van der Waals surface area (Å²) in [5.41, 5.74) is 4.52. The van der Waals surface area contributed by atoms with E-state index in [0.29, 0.717) is 5.11 Å². The van der Waals surface area contributed by atoms with Gasteiger partial charge in [0, 0.05) is 24.5 Å². The molecule has 0 atom stereocenters. The van der Waals surface area contributed by atoms with Crippen LogP contribution in [0.1, 0.15) is 13.8 Å². The third-order valence-electron chi connectivity index (χ3n) is 2.38. The summed E-state index contributed by atoms with van der Waals surface area (Å²) in [6.07, 6.45) is 0. The fraction of sp³-hybridized carbons (Fsp3) is 0.364. The molecule has 0 saturated heterocycles. The molecule has 1 aromatic rings. The molecule has 0 amide bonds. The number of rotatable bonds is 4. The second kappa shape index (κ2) is 6.30. The van der Waals surface area contributed by atoms with Crippen LogP contribution in [0.3, 0.4) is 0 Å². The average molecular weight is 238 g/mol. The van der Waals surface area contributed by atoms with E-state index in [1.54, 1.807) is 0 Å². The minimum atomic E-state index is 0.413. The van der Waals surface area contributed by atoms with Gasteiger partial charge in [0.1, 0.15) is 0 Å². The normalized spacial score (nSPS) is 9.69. The topological polar surface area (TPSA) is 53.3 Å². The lowest BCUT2D eigenvalue weighted by atomic mass is 10.2. The van der Waals surface area contributed by atoms with E-state index in [0.717, 1.165) is 18.8 Å². The summed E-state index contributed by atoms with van der Waals surface area (Å²) in [5, 5.41) is 3.38. The summed E-state index contributed by atoms with van der Waals surface area (Å²) in [4.78, 5) is 2.28. The third kappa shape index (κ3) is 3.36. The van der Waals surface area contributed by atoms with E-state index in [1.165, 1.54) is 5.69 Å². The number of hydrogen-bond donors (Lipinski definition) is 3. The Balaban J connectivity index is 2.70. The van der Waals surface area contributed by atoms with Gasteiger partial charge < -0.3 is 15.6 Å². The van der Waals surface area contributed by atoms with Gasteiger partial charge in [0.15, 0.2) is 5.11 Å². The minimum Gasteiger partial charge on any atom is -0.372 e. The van der Waals surface area contributed by atoms with E-state index in [9.17, 15) is 0 Å². The van der Waals surface area contributed by atoms with E-state index in [2.05, 4.69) is 41.6 Å². The van der Waals surface area contributed by atoms with Gasteiger partial charge in [-0.3, -0.25) is 0 Å². The summed E-state index contributed by atoms with van der Waals surface area (Å²) in [6, 6.07) is 8.09. The molecule has 1 rings (SSSR count). The lowest BCUT2D eigenvalue weighted by molar-refractivity contribution is 0.866. The van der Waals surface area contributed by atoms with E-state index in [4.69, 9.17) is 18.1 Å². The molecule has 0 heterocycles. The van der Waals surface area contributed by atoms with E-state index in [-0.39, 0.29) is 0 Å². The van der Waals surface area contributed by atoms with Gasteiger partial charge in [-0.2, -0.15) is 0 Å². The molecule has 0 unspecified atom stereocenters. The van der Waals surface area contributed by atoms with E-state index < -0.39 is 0 Å². The van der Waals surface area contributed by atoms with Gasteiger partial charge in [0.2, 0.25) is 0 Å². The Hall–Kier alpha value is -1.33. The van der Waals surface area contributed by atoms with Crippen molar-refractivity contribution in [3.8, 4) is 0 Å². The molecule has 0 radical (unpaired) electrons. The van der Waals surface area contributed by atoms with Crippen molar-refractivity contribution in [2.24, 2.45) is 5.84 Å². The first-order chi connectivity index (χ1) is 7.71. The zero-order valence-electron chi connectivity index (χ0n) is 9.66. The number of hydrazine groups is 1. The van der Waals surface area contributed by atoms with Crippen LogP contribution in [-0.2, 0) is 0 Å². The van der Waals surface area contributed by atoms with Gasteiger partial charge in [0.05, 0.1) is 0 Å². The van der Waals surface area contributed by atoms with Crippen LogP contribution in [0.25, 0.3) is 0 Å². The smallest absolute Gasteiger partial charge is 0.185 e. The van der Waals surface area contributed by atoms with Crippen molar-refractivity contribution in [3.63, 3.8) is 0 Å². The highest BCUT2D eigenvalue weighted by molar-refractivity contribution is 7.80. The fourth-order valence-corrected chi connectivity index (χ4v) is 1.63. The number of nitrogens with two attached hydrogens (primary N) is 1. The second-order valence-electron chi connectivity index (χ2n) is 3.32. The fourth-order valence-electron chi connectivity index (χ4n) is 1.51. The number of hydrogen-bond acceptors (Lipinski definition) is 3. The van der Waals surface area contributed by atoms with Crippen LogP contribution in [0, 0.1) is 0 Å². The van der Waals surface area contributed by atoms with E-state index >= 15 is 0 Å². The van der Waals surface area contributed by atoms with Crippen LogP contribution in [0.15, 0.2) is 24.3 Å². The SMILES string of the molecule is CCN(CC)c1ccc(NC(=S)NN)cc1. The van der Waals surface area contributed by atoms with Gasteiger partial charge in [-0.05, 0) is 50.3 Å². The Morgan fingerprint density at radius 1 is 1.25 bits per heavy atom. The Kier molecular flexibility index (Phi) is 5.01. The maximum Gasteiger partial charge on any atom is 0.185 e. The van der Waals surface area contributed by atoms with Crippen molar-refractivity contribution < 1.29 is 0 Å². The molecule has 0 spiro atoms. The average Bonchev–Trinajstić information content (AvgIpc) is 2.32. The predicted molar refractivity (Wildman–Crippen MR) is 73.5 cm³/mol. The molecule has 4 nitrogen and oxygen atoms in total. The number of nitrogens with one attached hydrogen (secondary N) is 2. The Morgan fingerprint density at radius 3 is 2.25 bits per heavy atom. The summed E-state index contributed by atoms with van der Waals surface area (Å²) >= 11 is 4.91. The van der Waals surface area contributed by atoms with Crippen LogP contribution >= 0.6 is 12.2 Å². The lowest BCUT2D eigenvalue weighted by Crippen LogP contribution is -2.34. The monoisotopic (exact) mass is 238 g/mol. The molecule has 0 aliphatic rings. The van der Waals surface area contributed by atoms with Gasteiger partial charge in [-0.1, -0.05) is 0 Å². The van der Waals surface area contributed by atoms with Crippen LogP contribution in [0.5, 0.6) is 0 Å². The highest BCUT2D eigenvalue weighted by atomic mass is 32.1. The maximum absolute atomic E-state index is 5.18. The van der Waals surface area contributed by atoms with Crippen molar-refractivity contribution in [2.75, 3.05) is 23.3 Å². The Bertz CT molecular complexity index is 332. The van der Waals surface area contributed by atoms with Crippen LogP contribution in [-0.4, -0.2) is 18.2 Å². The van der Waals surface area contributed by atoms with Crippen LogP contribution in [0.4, 0.5) is 11.4 Å². The molecule has 0 aliphatic carbocycles. The van der Waals surface area contributed by atoms with Gasteiger partial charge in [0.25, 0.3) is 0 Å². The number of anilines is 2. The van der Waals surface area contributed by atoms with Crippen molar-refractivity contribution >= 4 is 28.7 Å². The van der Waals surface area contributed by atoms with Gasteiger partial charge in [-0.25, -0.2) is 5.84 Å². The molecular formula is C11H18N4S. The number of nitrogens with zero attached hydrogens (tertiary/aromatic N) is 1. The van der Waals surface area contributed by atoms with Crippen molar-refractivity contribution in [2.45, 2.75) is 13.8 Å². The second-order valence-corrected chi connectivity index (χ2v) is 3.73. The minimum absolute atomic E-state index is 0.413. The molecule has 4 N–H and O–H groups in total. The van der Waals surface area contributed by atoms with Gasteiger partial charge >= 0.3 is 0 Å². The maximum atomic E-state index is 5.18. The molecule has 0 aliphatic heterocycles. The van der Waals surface area contributed by atoms with Crippen molar-refractivity contribution in [3.05, 3.63) is 24.3 Å². The summed E-state index contributed by atoms with van der Waals surface area (Å²) in [5.74, 6) is 5.18. The predicted octanol–water partition coefficient (Wildman–Crippen LogP) is 1.69. The third-order valence-corrected chi connectivity index (χ3v) is 2.60.